The van der Waals surface area contributed by atoms with Crippen LogP contribution in [0.2, 0.25) is 0 Å². The number of aromatic nitrogens is 3. The molecule has 162 valence electrons. The van der Waals surface area contributed by atoms with Crippen molar-refractivity contribution in [3.05, 3.63) is 82.7 Å². The van der Waals surface area contributed by atoms with Crippen molar-refractivity contribution in [1.82, 2.24) is 14.8 Å². The predicted molar refractivity (Wildman–Crippen MR) is 119 cm³/mol. The standard InChI is InChI=1S/C26H25FN4O/c1-2-25-14-20-16-30-31(23-4-3-11-29-17-23)24(20)13-21(25)8-10-26(25,32)9-7-18-5-6-22(27)12-19(18)15-28/h3-6,11-13,16-17,32H,2,7-10,14H2,1H3/t25-,26-/m0/s1. The van der Waals surface area contributed by atoms with Gasteiger partial charge in [-0.15, -0.1) is 0 Å². The van der Waals surface area contributed by atoms with Crippen LogP contribution in [0.3, 0.4) is 0 Å². The molecule has 0 spiro atoms. The Morgan fingerprint density at radius 1 is 1.28 bits per heavy atom. The predicted octanol–water partition coefficient (Wildman–Crippen LogP) is 4.77. The van der Waals surface area contributed by atoms with Crippen molar-refractivity contribution in [2.24, 2.45) is 5.41 Å². The third-order valence-corrected chi connectivity index (χ3v) is 7.50. The number of aryl methyl sites for hydroxylation is 1. The molecule has 0 aliphatic heterocycles. The van der Waals surface area contributed by atoms with Crippen LogP contribution in [0.15, 0.2) is 54.5 Å². The number of hydrogen-bond donors (Lipinski definition) is 1. The van der Waals surface area contributed by atoms with Gasteiger partial charge >= 0.3 is 0 Å². The Balaban J connectivity index is 1.47. The lowest BCUT2D eigenvalue weighted by molar-refractivity contribution is -0.0568. The van der Waals surface area contributed by atoms with E-state index in [-0.39, 0.29) is 5.41 Å². The molecule has 2 heterocycles. The van der Waals surface area contributed by atoms with E-state index in [1.54, 1.807) is 18.5 Å². The van der Waals surface area contributed by atoms with Crippen molar-refractivity contribution >= 4 is 6.08 Å². The van der Waals surface area contributed by atoms with E-state index in [0.29, 0.717) is 24.8 Å². The molecule has 6 heteroatoms. The van der Waals surface area contributed by atoms with E-state index in [1.165, 1.54) is 17.7 Å². The van der Waals surface area contributed by atoms with Gasteiger partial charge in [-0.2, -0.15) is 10.4 Å². The molecule has 0 amide bonds. The average Bonchev–Trinajstić information content (AvgIpc) is 3.36. The highest BCUT2D eigenvalue weighted by Gasteiger charge is 2.56. The van der Waals surface area contributed by atoms with Gasteiger partial charge in [-0.25, -0.2) is 9.07 Å². The SMILES string of the molecule is CC[C@]12Cc3cnn(-c4cccnc4)c3C=C1CC[C@@]2(O)CCc1ccc(F)cc1C#N. The number of rotatable bonds is 5. The van der Waals surface area contributed by atoms with Crippen LogP contribution in [0.4, 0.5) is 4.39 Å². The molecule has 32 heavy (non-hydrogen) atoms. The minimum atomic E-state index is -0.886. The number of nitriles is 1. The van der Waals surface area contributed by atoms with E-state index in [9.17, 15) is 14.8 Å². The molecule has 0 saturated heterocycles. The number of nitrogens with zero attached hydrogens (tertiary/aromatic N) is 4. The maximum Gasteiger partial charge on any atom is 0.124 e. The maximum absolute atomic E-state index is 13.5. The van der Waals surface area contributed by atoms with Gasteiger partial charge in [-0.1, -0.05) is 18.6 Å². The summed E-state index contributed by atoms with van der Waals surface area (Å²) in [4.78, 5) is 4.21. The molecule has 2 aliphatic carbocycles. The van der Waals surface area contributed by atoms with Gasteiger partial charge in [-0.05, 0) is 80.0 Å². The van der Waals surface area contributed by atoms with Crippen LogP contribution in [0, 0.1) is 22.6 Å². The molecule has 1 N–H and O–H groups in total. The molecular formula is C26H25FN4O. The number of benzene rings is 1. The molecule has 3 aromatic rings. The largest absolute Gasteiger partial charge is 0.389 e. The lowest BCUT2D eigenvalue weighted by atomic mass is 9.63. The number of pyridine rings is 1. The van der Waals surface area contributed by atoms with Crippen molar-refractivity contribution < 1.29 is 9.50 Å². The molecule has 2 aliphatic rings. The fraction of sp³-hybridized carbons (Fsp3) is 0.346. The zero-order valence-electron chi connectivity index (χ0n) is 18.1. The highest BCUT2D eigenvalue weighted by Crippen LogP contribution is 2.58. The van der Waals surface area contributed by atoms with E-state index in [4.69, 9.17) is 0 Å². The lowest BCUT2D eigenvalue weighted by Gasteiger charge is -2.45. The highest BCUT2D eigenvalue weighted by atomic mass is 19.1. The highest BCUT2D eigenvalue weighted by molar-refractivity contribution is 5.62. The summed E-state index contributed by atoms with van der Waals surface area (Å²) in [7, 11) is 0. The Morgan fingerprint density at radius 3 is 2.91 bits per heavy atom. The first kappa shape index (κ1) is 20.6. The number of halogens is 1. The Labute approximate surface area is 186 Å². The van der Waals surface area contributed by atoms with Crippen molar-refractivity contribution in [2.75, 3.05) is 0 Å². The van der Waals surface area contributed by atoms with Crippen LogP contribution in [0.1, 0.15) is 55.0 Å². The van der Waals surface area contributed by atoms with Crippen LogP contribution >= 0.6 is 0 Å². The van der Waals surface area contributed by atoms with Crippen molar-refractivity contribution in [2.45, 2.75) is 51.0 Å². The number of fused-ring (bicyclic) bond motifs is 2. The summed E-state index contributed by atoms with van der Waals surface area (Å²) < 4.78 is 15.5. The van der Waals surface area contributed by atoms with Gasteiger partial charge in [0.1, 0.15) is 5.82 Å². The van der Waals surface area contributed by atoms with E-state index in [0.717, 1.165) is 41.8 Å². The third-order valence-electron chi connectivity index (χ3n) is 7.50. The van der Waals surface area contributed by atoms with Gasteiger partial charge in [-0.3, -0.25) is 4.98 Å². The summed E-state index contributed by atoms with van der Waals surface area (Å²) >= 11 is 0. The molecular weight excluding hydrogens is 403 g/mol. The molecule has 1 aromatic carbocycles. The monoisotopic (exact) mass is 428 g/mol. The van der Waals surface area contributed by atoms with Crippen LogP contribution in [0.5, 0.6) is 0 Å². The molecule has 2 atom stereocenters. The minimum absolute atomic E-state index is 0.344. The number of hydrogen-bond acceptors (Lipinski definition) is 4. The Hall–Kier alpha value is -3.30. The normalized spacial score (nSPS) is 23.9. The van der Waals surface area contributed by atoms with Crippen molar-refractivity contribution in [1.29, 1.82) is 5.26 Å². The summed E-state index contributed by atoms with van der Waals surface area (Å²) in [5.74, 6) is -0.412. The maximum atomic E-state index is 13.5. The molecule has 0 bridgehead atoms. The van der Waals surface area contributed by atoms with Crippen LogP contribution in [-0.4, -0.2) is 25.5 Å². The first-order valence-electron chi connectivity index (χ1n) is 11.1. The van der Waals surface area contributed by atoms with Crippen molar-refractivity contribution in [3.8, 4) is 11.8 Å². The second-order valence-corrected chi connectivity index (χ2v) is 8.90. The zero-order valence-corrected chi connectivity index (χ0v) is 18.1. The van der Waals surface area contributed by atoms with Gasteiger partial charge in [0, 0.05) is 11.6 Å². The number of aliphatic hydroxyl groups is 1. The Kier molecular flexibility index (Phi) is 4.94. The summed E-state index contributed by atoms with van der Waals surface area (Å²) in [6, 6.07) is 10.3. The second-order valence-electron chi connectivity index (χ2n) is 8.90. The molecule has 0 unspecified atom stereocenters. The Bertz CT molecular complexity index is 1240. The fourth-order valence-electron chi connectivity index (χ4n) is 5.72. The van der Waals surface area contributed by atoms with E-state index < -0.39 is 11.4 Å². The molecule has 5 nitrogen and oxygen atoms in total. The average molecular weight is 429 g/mol. The molecule has 2 aromatic heterocycles. The smallest absolute Gasteiger partial charge is 0.124 e. The van der Waals surface area contributed by atoms with Crippen LogP contribution < -0.4 is 0 Å². The van der Waals surface area contributed by atoms with Crippen LogP contribution in [-0.2, 0) is 12.8 Å². The summed E-state index contributed by atoms with van der Waals surface area (Å²) in [5, 5.41) is 25.9. The van der Waals surface area contributed by atoms with Gasteiger partial charge in [0.15, 0.2) is 0 Å². The quantitative estimate of drug-likeness (QED) is 0.635. The first-order valence-corrected chi connectivity index (χ1v) is 11.1. The fourth-order valence-corrected chi connectivity index (χ4v) is 5.72. The third kappa shape index (κ3) is 3.08. The summed E-state index contributed by atoms with van der Waals surface area (Å²) in [6.45, 7) is 2.14. The van der Waals surface area contributed by atoms with Gasteiger partial charge in [0.2, 0.25) is 0 Å². The molecule has 1 saturated carbocycles. The van der Waals surface area contributed by atoms with Gasteiger partial charge in [0.05, 0.1) is 41.0 Å². The van der Waals surface area contributed by atoms with Gasteiger partial charge < -0.3 is 5.11 Å². The lowest BCUT2D eigenvalue weighted by Crippen LogP contribution is -2.47. The van der Waals surface area contributed by atoms with Crippen LogP contribution in [0.25, 0.3) is 11.8 Å². The molecule has 1 fully saturated rings. The summed E-state index contributed by atoms with van der Waals surface area (Å²) in [6.07, 6.45) is 11.8. The molecule has 0 radical (unpaired) electrons. The summed E-state index contributed by atoms with van der Waals surface area (Å²) in [5.41, 5.74) is 4.26. The van der Waals surface area contributed by atoms with Crippen molar-refractivity contribution in [3.63, 3.8) is 0 Å². The zero-order chi connectivity index (χ0) is 22.3. The minimum Gasteiger partial charge on any atom is -0.389 e. The first-order chi connectivity index (χ1) is 15.5. The van der Waals surface area contributed by atoms with E-state index in [1.807, 2.05) is 23.0 Å². The second kappa shape index (κ2) is 7.68. The topological polar surface area (TPSA) is 74.7 Å². The van der Waals surface area contributed by atoms with E-state index >= 15 is 0 Å². The molecule has 5 rings (SSSR count). The van der Waals surface area contributed by atoms with Gasteiger partial charge in [0.25, 0.3) is 0 Å². The Morgan fingerprint density at radius 2 is 2.16 bits per heavy atom. The van der Waals surface area contributed by atoms with E-state index in [2.05, 4.69) is 29.2 Å².